The Morgan fingerprint density at radius 2 is 2.45 bits per heavy atom. The summed E-state index contributed by atoms with van der Waals surface area (Å²) in [5.41, 5.74) is 0. The highest BCUT2D eigenvalue weighted by Crippen LogP contribution is 1.97. The van der Waals surface area contributed by atoms with Crippen LogP contribution >= 0.6 is 0 Å². The van der Waals surface area contributed by atoms with Crippen molar-refractivity contribution in [1.29, 1.82) is 0 Å². The molecule has 4 nitrogen and oxygen atoms in total. The first-order chi connectivity index (χ1) is 5.43. The van der Waals surface area contributed by atoms with E-state index in [9.17, 15) is 0 Å². The lowest BCUT2D eigenvalue weighted by atomic mass is 10.2. The predicted molar refractivity (Wildman–Crippen MR) is 42.3 cm³/mol. The average Bonchev–Trinajstić information content (AvgIpc) is 2.50. The summed E-state index contributed by atoms with van der Waals surface area (Å²) in [5.74, 6) is 0.584. The van der Waals surface area contributed by atoms with E-state index in [1.165, 1.54) is 19.2 Å². The molecular formula is C7H13N3O. The van der Waals surface area contributed by atoms with Crippen LogP contribution in [0.5, 0.6) is 0 Å². The second kappa shape index (κ2) is 4.71. The van der Waals surface area contributed by atoms with E-state index in [4.69, 9.17) is 0 Å². The Bertz CT molecular complexity index is 174. The molecule has 0 bridgehead atoms. The molecule has 1 aromatic heterocycles. The molecule has 0 aliphatic heterocycles. The van der Waals surface area contributed by atoms with Gasteiger partial charge in [0.2, 0.25) is 6.39 Å². The van der Waals surface area contributed by atoms with Gasteiger partial charge in [0.15, 0.2) is 0 Å². The number of hydrogen-bond donors (Lipinski definition) is 1. The molecule has 1 aromatic rings. The monoisotopic (exact) mass is 155 g/mol. The van der Waals surface area contributed by atoms with Crippen LogP contribution < -0.4 is 5.32 Å². The molecular weight excluding hydrogens is 142 g/mol. The summed E-state index contributed by atoms with van der Waals surface area (Å²) in [5, 5.41) is 6.66. The number of unbranched alkanes of at least 4 members (excludes halogenated alkanes) is 2. The SMILES string of the molecule is CCCCCNc1ncon1. The van der Waals surface area contributed by atoms with E-state index in [-0.39, 0.29) is 0 Å². The third-order valence-corrected chi connectivity index (χ3v) is 1.42. The van der Waals surface area contributed by atoms with Crippen molar-refractivity contribution < 1.29 is 4.52 Å². The summed E-state index contributed by atoms with van der Waals surface area (Å²) in [4.78, 5) is 3.82. The maximum atomic E-state index is 4.55. The van der Waals surface area contributed by atoms with Gasteiger partial charge in [-0.1, -0.05) is 19.8 Å². The van der Waals surface area contributed by atoms with E-state index in [0.29, 0.717) is 5.95 Å². The Balaban J connectivity index is 2.04. The lowest BCUT2D eigenvalue weighted by Gasteiger charge is -1.97. The standard InChI is InChI=1S/C7H13N3O/c1-2-3-4-5-8-7-9-6-11-10-7/h6H,2-5H2,1H3,(H,8,10). The summed E-state index contributed by atoms with van der Waals surface area (Å²) in [7, 11) is 0. The highest BCUT2D eigenvalue weighted by molar-refractivity contribution is 5.18. The Morgan fingerprint density at radius 1 is 1.55 bits per heavy atom. The predicted octanol–water partition coefficient (Wildman–Crippen LogP) is 1.67. The molecule has 1 N–H and O–H groups in total. The van der Waals surface area contributed by atoms with Crippen LogP contribution in [-0.4, -0.2) is 16.7 Å². The molecule has 0 saturated carbocycles. The van der Waals surface area contributed by atoms with Gasteiger partial charge in [-0.3, -0.25) is 0 Å². The van der Waals surface area contributed by atoms with E-state index >= 15 is 0 Å². The van der Waals surface area contributed by atoms with Crippen LogP contribution in [0.4, 0.5) is 5.95 Å². The molecule has 1 rings (SSSR count). The molecule has 0 aliphatic rings. The molecule has 0 atom stereocenters. The van der Waals surface area contributed by atoms with Gasteiger partial charge in [0.1, 0.15) is 0 Å². The van der Waals surface area contributed by atoms with Gasteiger partial charge in [-0.2, -0.15) is 4.98 Å². The molecule has 11 heavy (non-hydrogen) atoms. The van der Waals surface area contributed by atoms with Gasteiger partial charge < -0.3 is 9.84 Å². The highest BCUT2D eigenvalue weighted by Gasteiger charge is 1.93. The first kappa shape index (κ1) is 8.04. The Labute approximate surface area is 66.0 Å². The van der Waals surface area contributed by atoms with Crippen molar-refractivity contribution in [1.82, 2.24) is 10.1 Å². The van der Waals surface area contributed by atoms with Crippen LogP contribution in [-0.2, 0) is 0 Å². The lowest BCUT2D eigenvalue weighted by molar-refractivity contribution is 0.418. The van der Waals surface area contributed by atoms with E-state index in [1.807, 2.05) is 0 Å². The molecule has 4 heteroatoms. The van der Waals surface area contributed by atoms with Crippen molar-refractivity contribution in [2.24, 2.45) is 0 Å². The fourth-order valence-electron chi connectivity index (χ4n) is 0.824. The first-order valence-corrected chi connectivity index (χ1v) is 3.93. The normalized spacial score (nSPS) is 9.91. The highest BCUT2D eigenvalue weighted by atomic mass is 16.5. The van der Waals surface area contributed by atoms with E-state index < -0.39 is 0 Å². The molecule has 0 fully saturated rings. The molecule has 0 spiro atoms. The second-order valence-corrected chi connectivity index (χ2v) is 2.39. The average molecular weight is 155 g/mol. The summed E-state index contributed by atoms with van der Waals surface area (Å²) in [6.45, 7) is 3.10. The van der Waals surface area contributed by atoms with Gasteiger partial charge in [-0.05, 0) is 11.6 Å². The first-order valence-electron chi connectivity index (χ1n) is 3.93. The zero-order valence-electron chi connectivity index (χ0n) is 6.71. The Kier molecular flexibility index (Phi) is 3.44. The largest absolute Gasteiger partial charge is 0.352 e. The lowest BCUT2D eigenvalue weighted by Crippen LogP contribution is -2.02. The second-order valence-electron chi connectivity index (χ2n) is 2.39. The number of aromatic nitrogens is 2. The molecule has 0 unspecified atom stereocenters. The number of rotatable bonds is 5. The quantitative estimate of drug-likeness (QED) is 0.657. The molecule has 0 amide bonds. The Hall–Kier alpha value is -1.06. The molecule has 0 saturated heterocycles. The minimum Gasteiger partial charge on any atom is -0.352 e. The third-order valence-electron chi connectivity index (χ3n) is 1.42. The van der Waals surface area contributed by atoms with Gasteiger partial charge in [0.05, 0.1) is 0 Å². The van der Waals surface area contributed by atoms with Crippen molar-refractivity contribution in [3.8, 4) is 0 Å². The van der Waals surface area contributed by atoms with Gasteiger partial charge >= 0.3 is 0 Å². The van der Waals surface area contributed by atoms with Crippen LogP contribution in [0.3, 0.4) is 0 Å². The number of nitrogens with zero attached hydrogens (tertiary/aromatic N) is 2. The van der Waals surface area contributed by atoms with Gasteiger partial charge in [-0.25, -0.2) is 0 Å². The maximum Gasteiger partial charge on any atom is 0.263 e. The van der Waals surface area contributed by atoms with E-state index in [1.54, 1.807) is 0 Å². The number of nitrogens with one attached hydrogen (secondary N) is 1. The summed E-state index contributed by atoms with van der Waals surface area (Å²) < 4.78 is 4.55. The zero-order valence-corrected chi connectivity index (χ0v) is 6.71. The van der Waals surface area contributed by atoms with Crippen molar-refractivity contribution in [3.05, 3.63) is 6.39 Å². The maximum absolute atomic E-state index is 4.55. The third kappa shape index (κ3) is 3.02. The van der Waals surface area contributed by atoms with E-state index in [2.05, 4.69) is 26.9 Å². The van der Waals surface area contributed by atoms with Crippen molar-refractivity contribution in [2.45, 2.75) is 26.2 Å². The van der Waals surface area contributed by atoms with Gasteiger partial charge in [-0.15, -0.1) is 0 Å². The smallest absolute Gasteiger partial charge is 0.263 e. The summed E-state index contributed by atoms with van der Waals surface area (Å²) in [6.07, 6.45) is 4.95. The van der Waals surface area contributed by atoms with Crippen LogP contribution in [0.25, 0.3) is 0 Å². The molecule has 0 aliphatic carbocycles. The minimum atomic E-state index is 0.584. The topological polar surface area (TPSA) is 51.0 Å². The fourth-order valence-corrected chi connectivity index (χ4v) is 0.824. The van der Waals surface area contributed by atoms with Crippen molar-refractivity contribution in [3.63, 3.8) is 0 Å². The fraction of sp³-hybridized carbons (Fsp3) is 0.714. The number of anilines is 1. The van der Waals surface area contributed by atoms with Gasteiger partial charge in [0.25, 0.3) is 5.95 Å². The summed E-state index contributed by atoms with van der Waals surface area (Å²) >= 11 is 0. The Morgan fingerprint density at radius 3 is 3.09 bits per heavy atom. The van der Waals surface area contributed by atoms with E-state index in [0.717, 1.165) is 13.0 Å². The van der Waals surface area contributed by atoms with Crippen LogP contribution in [0.1, 0.15) is 26.2 Å². The molecule has 0 radical (unpaired) electrons. The molecule has 62 valence electrons. The minimum absolute atomic E-state index is 0.584. The van der Waals surface area contributed by atoms with Crippen LogP contribution in [0.2, 0.25) is 0 Å². The number of hydrogen-bond acceptors (Lipinski definition) is 4. The zero-order chi connectivity index (χ0) is 7.94. The summed E-state index contributed by atoms with van der Waals surface area (Å²) in [6, 6.07) is 0. The van der Waals surface area contributed by atoms with Crippen molar-refractivity contribution >= 4 is 5.95 Å². The van der Waals surface area contributed by atoms with Crippen LogP contribution in [0.15, 0.2) is 10.9 Å². The molecule has 1 heterocycles. The van der Waals surface area contributed by atoms with Crippen molar-refractivity contribution in [2.75, 3.05) is 11.9 Å². The van der Waals surface area contributed by atoms with Gasteiger partial charge in [0, 0.05) is 6.54 Å². The van der Waals surface area contributed by atoms with Crippen LogP contribution in [0, 0.1) is 0 Å². The molecule has 0 aromatic carbocycles.